The van der Waals surface area contributed by atoms with Gasteiger partial charge in [0.05, 0.1) is 0 Å². The summed E-state index contributed by atoms with van der Waals surface area (Å²) in [6.07, 6.45) is 3.00. The van der Waals surface area contributed by atoms with E-state index < -0.39 is 11.6 Å². The zero-order chi connectivity index (χ0) is 13.8. The first-order valence-corrected chi connectivity index (χ1v) is 6.39. The van der Waals surface area contributed by atoms with Gasteiger partial charge in [-0.25, -0.2) is 8.78 Å². The molecule has 0 spiro atoms. The predicted molar refractivity (Wildman–Crippen MR) is 70.7 cm³/mol. The predicted octanol–water partition coefficient (Wildman–Crippen LogP) is 3.48. The molecule has 19 heavy (non-hydrogen) atoms. The van der Waals surface area contributed by atoms with Gasteiger partial charge < -0.3 is 0 Å². The largest absolute Gasteiger partial charge is 0.299 e. The Labute approximate surface area is 117 Å². The van der Waals surface area contributed by atoms with E-state index in [0.29, 0.717) is 5.56 Å². The molecule has 98 valence electrons. The summed E-state index contributed by atoms with van der Waals surface area (Å²) in [7, 11) is 0. The molecule has 1 heterocycles. The van der Waals surface area contributed by atoms with Crippen molar-refractivity contribution in [1.82, 2.24) is 4.98 Å². The van der Waals surface area contributed by atoms with Crippen LogP contribution in [0.15, 0.2) is 41.1 Å². The minimum absolute atomic E-state index is 0.0974. The van der Waals surface area contributed by atoms with Gasteiger partial charge in [0.1, 0.15) is 17.4 Å². The van der Waals surface area contributed by atoms with Crippen LogP contribution in [0.3, 0.4) is 0 Å². The number of carbonyl (C=O) groups is 1. The standard InChI is InChI=1S/C14H10BrF2NO/c15-10-4-9(7-18-8-10)5-11(19)6-12-13(16)2-1-3-14(12)17/h1-4,7-8H,5-6H2. The second-order valence-electron chi connectivity index (χ2n) is 4.10. The topological polar surface area (TPSA) is 30.0 Å². The fourth-order valence-corrected chi connectivity index (χ4v) is 2.15. The molecule has 1 aromatic carbocycles. The average Bonchev–Trinajstić information content (AvgIpc) is 2.34. The lowest BCUT2D eigenvalue weighted by Crippen LogP contribution is -2.09. The maximum Gasteiger partial charge on any atom is 0.141 e. The summed E-state index contributed by atoms with van der Waals surface area (Å²) in [4.78, 5) is 15.8. The highest BCUT2D eigenvalue weighted by atomic mass is 79.9. The van der Waals surface area contributed by atoms with Gasteiger partial charge in [0.2, 0.25) is 0 Å². The summed E-state index contributed by atoms with van der Waals surface area (Å²) in [5.74, 6) is -1.65. The number of nitrogens with zero attached hydrogens (tertiary/aromatic N) is 1. The van der Waals surface area contributed by atoms with Gasteiger partial charge in [0.25, 0.3) is 0 Å². The van der Waals surface area contributed by atoms with Crippen LogP contribution in [-0.2, 0) is 17.6 Å². The van der Waals surface area contributed by atoms with Crippen molar-refractivity contribution in [3.8, 4) is 0 Å². The highest BCUT2D eigenvalue weighted by Crippen LogP contribution is 2.15. The second-order valence-corrected chi connectivity index (χ2v) is 5.02. The Morgan fingerprint density at radius 3 is 2.47 bits per heavy atom. The number of hydrogen-bond acceptors (Lipinski definition) is 2. The summed E-state index contributed by atoms with van der Waals surface area (Å²) in [6.45, 7) is 0. The molecule has 2 nitrogen and oxygen atoms in total. The Morgan fingerprint density at radius 1 is 1.16 bits per heavy atom. The van der Waals surface area contributed by atoms with Crippen molar-refractivity contribution in [3.63, 3.8) is 0 Å². The lowest BCUT2D eigenvalue weighted by molar-refractivity contribution is -0.117. The Kier molecular flexibility index (Phi) is 4.37. The lowest BCUT2D eigenvalue weighted by atomic mass is 10.0. The first-order chi connectivity index (χ1) is 9.06. The number of pyridine rings is 1. The highest BCUT2D eigenvalue weighted by molar-refractivity contribution is 9.10. The summed E-state index contributed by atoms with van der Waals surface area (Å²) in [6, 6.07) is 5.32. The number of rotatable bonds is 4. The van der Waals surface area contributed by atoms with Crippen molar-refractivity contribution in [3.05, 3.63) is 63.9 Å². The highest BCUT2D eigenvalue weighted by Gasteiger charge is 2.13. The molecule has 0 N–H and O–H groups in total. The van der Waals surface area contributed by atoms with Crippen LogP contribution in [-0.4, -0.2) is 10.8 Å². The van der Waals surface area contributed by atoms with Crippen LogP contribution in [0, 0.1) is 11.6 Å². The zero-order valence-corrected chi connectivity index (χ0v) is 11.5. The summed E-state index contributed by atoms with van der Waals surface area (Å²) in [5.41, 5.74) is 0.520. The zero-order valence-electron chi connectivity index (χ0n) is 9.87. The molecular weight excluding hydrogens is 316 g/mol. The summed E-state index contributed by atoms with van der Waals surface area (Å²) in [5, 5.41) is 0. The number of Topliss-reactive ketones (excluding diaryl/α,β-unsaturated/α-hetero) is 1. The monoisotopic (exact) mass is 325 g/mol. The SMILES string of the molecule is O=C(Cc1cncc(Br)c1)Cc1c(F)cccc1F. The van der Waals surface area contributed by atoms with Crippen molar-refractivity contribution >= 4 is 21.7 Å². The molecule has 0 fully saturated rings. The third-order valence-electron chi connectivity index (χ3n) is 2.60. The number of ketones is 1. The molecule has 1 aromatic heterocycles. The van der Waals surface area contributed by atoms with Crippen molar-refractivity contribution in [2.45, 2.75) is 12.8 Å². The number of aromatic nitrogens is 1. The van der Waals surface area contributed by atoms with E-state index in [1.54, 1.807) is 18.5 Å². The fraction of sp³-hybridized carbons (Fsp3) is 0.143. The Hall–Kier alpha value is -1.62. The molecular formula is C14H10BrF2NO. The maximum atomic E-state index is 13.4. The van der Waals surface area contributed by atoms with Crippen molar-refractivity contribution in [2.24, 2.45) is 0 Å². The van der Waals surface area contributed by atoms with Gasteiger partial charge in [-0.1, -0.05) is 6.07 Å². The number of benzene rings is 1. The summed E-state index contributed by atoms with van der Waals surface area (Å²) >= 11 is 3.25. The third kappa shape index (κ3) is 3.67. The molecule has 0 atom stereocenters. The summed E-state index contributed by atoms with van der Waals surface area (Å²) < 4.78 is 27.6. The first-order valence-electron chi connectivity index (χ1n) is 5.60. The Morgan fingerprint density at radius 2 is 1.84 bits per heavy atom. The smallest absolute Gasteiger partial charge is 0.141 e. The average molecular weight is 326 g/mol. The van der Waals surface area contributed by atoms with E-state index in [9.17, 15) is 13.6 Å². The third-order valence-corrected chi connectivity index (χ3v) is 3.03. The Bertz CT molecular complexity index is 596. The van der Waals surface area contributed by atoms with Crippen LogP contribution in [0.2, 0.25) is 0 Å². The van der Waals surface area contributed by atoms with E-state index in [0.717, 1.165) is 16.6 Å². The van der Waals surface area contributed by atoms with Gasteiger partial charge >= 0.3 is 0 Å². The van der Waals surface area contributed by atoms with Gasteiger partial charge in [-0.15, -0.1) is 0 Å². The van der Waals surface area contributed by atoms with Gasteiger partial charge in [0.15, 0.2) is 0 Å². The molecule has 0 aliphatic heterocycles. The van der Waals surface area contributed by atoms with E-state index in [1.165, 1.54) is 6.07 Å². The van der Waals surface area contributed by atoms with Crippen LogP contribution in [0.1, 0.15) is 11.1 Å². The molecule has 0 saturated carbocycles. The van der Waals surface area contributed by atoms with Crippen molar-refractivity contribution < 1.29 is 13.6 Å². The van der Waals surface area contributed by atoms with Crippen LogP contribution >= 0.6 is 15.9 Å². The number of halogens is 3. The number of hydrogen-bond donors (Lipinski definition) is 0. The van der Waals surface area contributed by atoms with Crippen molar-refractivity contribution in [2.75, 3.05) is 0 Å². The van der Waals surface area contributed by atoms with E-state index in [1.807, 2.05) is 0 Å². The van der Waals surface area contributed by atoms with Gasteiger partial charge in [-0.3, -0.25) is 9.78 Å². The number of carbonyl (C=O) groups excluding carboxylic acids is 1. The molecule has 0 aliphatic rings. The van der Waals surface area contributed by atoms with E-state index in [4.69, 9.17) is 0 Å². The molecule has 2 rings (SSSR count). The first kappa shape index (κ1) is 13.8. The second kappa shape index (κ2) is 6.02. The Balaban J connectivity index is 2.10. The van der Waals surface area contributed by atoms with E-state index >= 15 is 0 Å². The molecule has 0 bridgehead atoms. The van der Waals surface area contributed by atoms with E-state index in [-0.39, 0.29) is 24.2 Å². The van der Waals surface area contributed by atoms with Crippen LogP contribution in [0.25, 0.3) is 0 Å². The van der Waals surface area contributed by atoms with Crippen LogP contribution in [0.5, 0.6) is 0 Å². The van der Waals surface area contributed by atoms with Gasteiger partial charge in [0, 0.05) is 35.3 Å². The minimum Gasteiger partial charge on any atom is -0.299 e. The fourth-order valence-electron chi connectivity index (χ4n) is 1.74. The lowest BCUT2D eigenvalue weighted by Gasteiger charge is -2.04. The normalized spacial score (nSPS) is 10.5. The van der Waals surface area contributed by atoms with Crippen LogP contribution in [0.4, 0.5) is 8.78 Å². The van der Waals surface area contributed by atoms with Gasteiger partial charge in [-0.05, 0) is 39.7 Å². The quantitative estimate of drug-likeness (QED) is 0.861. The molecule has 5 heteroatoms. The molecule has 0 amide bonds. The maximum absolute atomic E-state index is 13.4. The van der Waals surface area contributed by atoms with Gasteiger partial charge in [-0.2, -0.15) is 0 Å². The molecule has 0 radical (unpaired) electrons. The molecule has 2 aromatic rings. The van der Waals surface area contributed by atoms with Crippen molar-refractivity contribution in [1.29, 1.82) is 0 Å². The van der Waals surface area contributed by atoms with E-state index in [2.05, 4.69) is 20.9 Å². The van der Waals surface area contributed by atoms with Crippen LogP contribution < -0.4 is 0 Å². The molecule has 0 unspecified atom stereocenters. The molecule has 0 aliphatic carbocycles. The molecule has 0 saturated heterocycles. The minimum atomic E-state index is -0.694.